The van der Waals surface area contributed by atoms with Gasteiger partial charge in [0.05, 0.1) is 11.4 Å². The molecule has 1 rings (SSSR count). The summed E-state index contributed by atoms with van der Waals surface area (Å²) in [6.07, 6.45) is 0.782. The second kappa shape index (κ2) is 7.44. The molecule has 0 saturated carbocycles. The van der Waals surface area contributed by atoms with Crippen LogP contribution in [0, 0.1) is 11.8 Å². The molecule has 5 heteroatoms. The van der Waals surface area contributed by atoms with E-state index in [2.05, 4.69) is 11.8 Å². The molecule has 0 atom stereocenters. The maximum absolute atomic E-state index is 12.6. The van der Waals surface area contributed by atoms with Crippen LogP contribution in [-0.2, 0) is 10.0 Å². The van der Waals surface area contributed by atoms with E-state index in [9.17, 15) is 8.42 Å². The van der Waals surface area contributed by atoms with Crippen LogP contribution in [0.1, 0.15) is 32.8 Å². The second-order valence-electron chi connectivity index (χ2n) is 4.74. The van der Waals surface area contributed by atoms with Crippen LogP contribution in [0.15, 0.2) is 29.2 Å². The summed E-state index contributed by atoms with van der Waals surface area (Å²) in [5.41, 5.74) is 5.99. The molecular weight excluding hydrogens is 272 g/mol. The van der Waals surface area contributed by atoms with Crippen molar-refractivity contribution < 1.29 is 8.42 Å². The van der Waals surface area contributed by atoms with E-state index < -0.39 is 10.0 Å². The Bertz CT molecular complexity index is 598. The minimum absolute atomic E-state index is 0.0706. The van der Waals surface area contributed by atoms with E-state index in [4.69, 9.17) is 5.73 Å². The molecule has 0 fully saturated rings. The fourth-order valence-electron chi connectivity index (χ4n) is 1.90. The Hall–Kier alpha value is -1.35. The highest BCUT2D eigenvalue weighted by molar-refractivity contribution is 7.89. The number of benzene rings is 1. The van der Waals surface area contributed by atoms with Crippen LogP contribution >= 0.6 is 0 Å². The van der Waals surface area contributed by atoms with Crippen molar-refractivity contribution in [2.45, 2.75) is 38.1 Å². The lowest BCUT2D eigenvalue weighted by Crippen LogP contribution is -2.37. The molecule has 0 saturated heterocycles. The van der Waals surface area contributed by atoms with Crippen LogP contribution in [0.5, 0.6) is 0 Å². The predicted molar refractivity (Wildman–Crippen MR) is 81.7 cm³/mol. The predicted octanol–water partition coefficient (Wildman–Crippen LogP) is 1.81. The Morgan fingerprint density at radius 3 is 2.60 bits per heavy atom. The van der Waals surface area contributed by atoms with Gasteiger partial charge in [-0.25, -0.2) is 8.42 Å². The monoisotopic (exact) mass is 294 g/mol. The summed E-state index contributed by atoms with van der Waals surface area (Å²) >= 11 is 0. The summed E-state index contributed by atoms with van der Waals surface area (Å²) in [7, 11) is -3.48. The first-order valence-electron chi connectivity index (χ1n) is 6.74. The van der Waals surface area contributed by atoms with Crippen molar-refractivity contribution in [1.29, 1.82) is 0 Å². The van der Waals surface area contributed by atoms with Crippen molar-refractivity contribution >= 4 is 10.0 Å². The van der Waals surface area contributed by atoms with Gasteiger partial charge in [-0.1, -0.05) is 24.8 Å². The fourth-order valence-corrected chi connectivity index (χ4v) is 3.67. The molecule has 1 aromatic rings. The van der Waals surface area contributed by atoms with Gasteiger partial charge < -0.3 is 5.73 Å². The van der Waals surface area contributed by atoms with Crippen LogP contribution in [0.3, 0.4) is 0 Å². The van der Waals surface area contributed by atoms with E-state index in [0.717, 1.165) is 6.42 Å². The lowest BCUT2D eigenvalue weighted by Gasteiger charge is -2.25. The van der Waals surface area contributed by atoms with Gasteiger partial charge in [-0.15, -0.1) is 0 Å². The fraction of sp³-hybridized carbons (Fsp3) is 0.467. The number of rotatable bonds is 5. The first kappa shape index (κ1) is 16.7. The van der Waals surface area contributed by atoms with E-state index in [0.29, 0.717) is 12.1 Å². The maximum Gasteiger partial charge on any atom is 0.243 e. The molecule has 0 radical (unpaired) electrons. The van der Waals surface area contributed by atoms with E-state index in [1.54, 1.807) is 24.3 Å². The average Bonchev–Trinajstić information content (AvgIpc) is 2.42. The van der Waals surface area contributed by atoms with Crippen molar-refractivity contribution in [3.05, 3.63) is 29.8 Å². The van der Waals surface area contributed by atoms with E-state index >= 15 is 0 Å². The molecule has 0 aliphatic heterocycles. The molecule has 0 spiro atoms. The number of hydrogen-bond donors (Lipinski definition) is 1. The summed E-state index contributed by atoms with van der Waals surface area (Å²) in [6.45, 7) is 6.49. The first-order chi connectivity index (χ1) is 9.43. The quantitative estimate of drug-likeness (QED) is 0.842. The van der Waals surface area contributed by atoms with Crippen LogP contribution in [0.2, 0.25) is 0 Å². The third-order valence-electron chi connectivity index (χ3n) is 2.80. The second-order valence-corrected chi connectivity index (χ2v) is 6.63. The van der Waals surface area contributed by atoms with Gasteiger partial charge in [0.15, 0.2) is 0 Å². The minimum atomic E-state index is -3.48. The minimum Gasteiger partial charge on any atom is -0.320 e. The third kappa shape index (κ3) is 4.07. The topological polar surface area (TPSA) is 63.4 Å². The highest BCUT2D eigenvalue weighted by atomic mass is 32.2. The van der Waals surface area contributed by atoms with Gasteiger partial charge in [-0.2, -0.15) is 4.31 Å². The van der Waals surface area contributed by atoms with Gasteiger partial charge in [0.25, 0.3) is 0 Å². The van der Waals surface area contributed by atoms with Crippen molar-refractivity contribution in [2.75, 3.05) is 13.1 Å². The van der Waals surface area contributed by atoms with E-state index in [1.807, 2.05) is 20.8 Å². The zero-order valence-electron chi connectivity index (χ0n) is 12.3. The number of sulfonamides is 1. The number of nitrogens with zero attached hydrogens (tertiary/aromatic N) is 1. The summed E-state index contributed by atoms with van der Waals surface area (Å²) in [5.74, 6) is 5.59. The largest absolute Gasteiger partial charge is 0.320 e. The molecule has 0 aliphatic rings. The van der Waals surface area contributed by atoms with Crippen LogP contribution < -0.4 is 5.73 Å². The lowest BCUT2D eigenvalue weighted by atomic mass is 10.2. The Morgan fingerprint density at radius 2 is 2.05 bits per heavy atom. The van der Waals surface area contributed by atoms with Gasteiger partial charge in [0.2, 0.25) is 10.0 Å². The van der Waals surface area contributed by atoms with Crippen LogP contribution in [0.25, 0.3) is 0 Å². The van der Waals surface area contributed by atoms with Crippen molar-refractivity contribution in [3.8, 4) is 11.8 Å². The molecule has 0 heterocycles. The van der Waals surface area contributed by atoms with Gasteiger partial charge in [0.1, 0.15) is 0 Å². The standard InChI is InChI=1S/C15H22N2O2S/c1-4-11-17(13(2)3)20(18,19)15-9-5-7-14(12-15)8-6-10-16/h5,7,9,12-13H,4,10-11,16H2,1-3H3. The normalized spacial score (nSPS) is 11.5. The summed E-state index contributed by atoms with van der Waals surface area (Å²) < 4.78 is 26.8. The zero-order chi connectivity index (χ0) is 15.2. The van der Waals surface area contributed by atoms with Crippen molar-refractivity contribution in [1.82, 2.24) is 4.31 Å². The SMILES string of the molecule is CCCN(C(C)C)S(=O)(=O)c1cccc(C#CCN)c1. The van der Waals surface area contributed by atoms with Crippen molar-refractivity contribution in [3.63, 3.8) is 0 Å². The van der Waals surface area contributed by atoms with Gasteiger partial charge >= 0.3 is 0 Å². The molecule has 110 valence electrons. The highest BCUT2D eigenvalue weighted by Crippen LogP contribution is 2.19. The summed E-state index contributed by atoms with van der Waals surface area (Å²) in [6, 6.07) is 6.62. The third-order valence-corrected chi connectivity index (χ3v) is 4.87. The molecule has 20 heavy (non-hydrogen) atoms. The Labute approximate surface area is 122 Å². The van der Waals surface area contributed by atoms with E-state index in [1.165, 1.54) is 4.31 Å². The smallest absolute Gasteiger partial charge is 0.243 e. The molecule has 0 unspecified atom stereocenters. The number of hydrogen-bond acceptors (Lipinski definition) is 3. The Balaban J connectivity index is 3.20. The summed E-state index contributed by atoms with van der Waals surface area (Å²) in [5, 5.41) is 0. The van der Waals surface area contributed by atoms with Crippen LogP contribution in [0.4, 0.5) is 0 Å². The molecule has 0 bridgehead atoms. The molecule has 4 nitrogen and oxygen atoms in total. The Morgan fingerprint density at radius 1 is 1.35 bits per heavy atom. The average molecular weight is 294 g/mol. The maximum atomic E-state index is 12.6. The Kier molecular flexibility index (Phi) is 6.21. The van der Waals surface area contributed by atoms with Crippen LogP contribution in [-0.4, -0.2) is 31.9 Å². The van der Waals surface area contributed by atoms with Crippen molar-refractivity contribution in [2.24, 2.45) is 5.73 Å². The van der Waals surface area contributed by atoms with Gasteiger partial charge in [-0.3, -0.25) is 0 Å². The van der Waals surface area contributed by atoms with Gasteiger partial charge in [0, 0.05) is 18.2 Å². The molecule has 1 aromatic carbocycles. The van der Waals surface area contributed by atoms with Gasteiger partial charge in [-0.05, 0) is 38.5 Å². The molecule has 2 N–H and O–H groups in total. The van der Waals surface area contributed by atoms with E-state index in [-0.39, 0.29) is 17.5 Å². The molecule has 0 amide bonds. The molecule has 0 aliphatic carbocycles. The molecule has 0 aromatic heterocycles. The highest BCUT2D eigenvalue weighted by Gasteiger charge is 2.26. The zero-order valence-corrected chi connectivity index (χ0v) is 13.1. The first-order valence-corrected chi connectivity index (χ1v) is 8.18. The lowest BCUT2D eigenvalue weighted by molar-refractivity contribution is 0.354. The summed E-state index contributed by atoms with van der Waals surface area (Å²) in [4.78, 5) is 0.281. The number of nitrogens with two attached hydrogens (primary N) is 1. The molecular formula is C15H22N2O2S.